The van der Waals surface area contributed by atoms with Gasteiger partial charge in [-0.3, -0.25) is 4.79 Å². The van der Waals surface area contributed by atoms with Crippen molar-refractivity contribution in [3.63, 3.8) is 0 Å². The Morgan fingerprint density at radius 3 is 2.21 bits per heavy atom. The number of rotatable bonds is 7. The fourth-order valence-corrected chi connectivity index (χ4v) is 5.01. The normalized spacial score (nSPS) is 16.7. The van der Waals surface area contributed by atoms with Crippen LogP contribution in [0.25, 0.3) is 0 Å². The van der Waals surface area contributed by atoms with E-state index in [9.17, 15) is 13.2 Å². The van der Waals surface area contributed by atoms with E-state index in [1.165, 1.54) is 12.8 Å². The van der Waals surface area contributed by atoms with Crippen LogP contribution in [0.2, 0.25) is 0 Å². The van der Waals surface area contributed by atoms with Crippen molar-refractivity contribution in [3.05, 3.63) is 65.7 Å². The summed E-state index contributed by atoms with van der Waals surface area (Å²) in [5.41, 5.74) is 1.77. The molecule has 1 aliphatic rings. The van der Waals surface area contributed by atoms with Crippen molar-refractivity contribution in [1.82, 2.24) is 10.0 Å². The van der Waals surface area contributed by atoms with Crippen molar-refractivity contribution in [2.24, 2.45) is 0 Å². The molecule has 5 nitrogen and oxygen atoms in total. The van der Waals surface area contributed by atoms with Crippen molar-refractivity contribution in [2.75, 3.05) is 0 Å². The van der Waals surface area contributed by atoms with Gasteiger partial charge in [-0.25, -0.2) is 13.1 Å². The van der Waals surface area contributed by atoms with Gasteiger partial charge in [0, 0.05) is 12.5 Å². The van der Waals surface area contributed by atoms with Gasteiger partial charge in [-0.15, -0.1) is 0 Å². The molecule has 0 spiro atoms. The predicted octanol–water partition coefficient (Wildman–Crippen LogP) is 4.24. The van der Waals surface area contributed by atoms with E-state index in [0.717, 1.165) is 36.8 Å². The molecular formula is C23H30N2O3S. The number of hydrogen-bond acceptors (Lipinski definition) is 3. The van der Waals surface area contributed by atoms with Gasteiger partial charge in [0.2, 0.25) is 15.9 Å². The summed E-state index contributed by atoms with van der Waals surface area (Å²) >= 11 is 0. The Hall–Kier alpha value is -2.18. The fraction of sp³-hybridized carbons (Fsp3) is 0.435. The molecule has 2 aromatic carbocycles. The highest BCUT2D eigenvalue weighted by Crippen LogP contribution is 2.22. The molecule has 3 rings (SSSR count). The summed E-state index contributed by atoms with van der Waals surface area (Å²) in [5.74, 6) is -0.114. The summed E-state index contributed by atoms with van der Waals surface area (Å²) < 4.78 is 28.5. The van der Waals surface area contributed by atoms with Gasteiger partial charge in [-0.1, -0.05) is 73.7 Å². The summed E-state index contributed by atoms with van der Waals surface area (Å²) in [5, 5.41) is 3.12. The van der Waals surface area contributed by atoms with Gasteiger partial charge in [0.1, 0.15) is 0 Å². The lowest BCUT2D eigenvalue weighted by atomic mass is 10.0. The average Bonchev–Trinajstić information content (AvgIpc) is 2.97. The highest BCUT2D eigenvalue weighted by molar-refractivity contribution is 7.89. The third-order valence-corrected chi connectivity index (χ3v) is 6.93. The van der Waals surface area contributed by atoms with Crippen molar-refractivity contribution in [2.45, 2.75) is 68.8 Å². The second-order valence-corrected chi connectivity index (χ2v) is 9.57. The molecule has 0 aliphatic heterocycles. The van der Waals surface area contributed by atoms with E-state index in [-0.39, 0.29) is 23.3 Å². The van der Waals surface area contributed by atoms with Crippen molar-refractivity contribution >= 4 is 15.9 Å². The SMILES string of the molecule is Cc1ccc(S(=O)(=O)N[C@H](CC(=O)NC2CCCCCC2)c2ccccc2)cc1. The summed E-state index contributed by atoms with van der Waals surface area (Å²) in [4.78, 5) is 12.9. The zero-order valence-corrected chi connectivity index (χ0v) is 17.8. The molecule has 156 valence electrons. The second-order valence-electron chi connectivity index (χ2n) is 7.86. The lowest BCUT2D eigenvalue weighted by Gasteiger charge is -2.21. The van der Waals surface area contributed by atoms with Gasteiger partial charge in [0.15, 0.2) is 0 Å². The molecule has 2 N–H and O–H groups in total. The standard InChI is InChI=1S/C23H30N2O3S/c1-18-13-15-21(16-14-18)29(27,28)25-22(19-9-5-4-6-10-19)17-23(26)24-20-11-7-2-3-8-12-20/h4-6,9-10,13-16,20,22,25H,2-3,7-8,11-12,17H2,1H3,(H,24,26)/t22-/m1/s1. The Kier molecular flexibility index (Phi) is 7.45. The average molecular weight is 415 g/mol. The van der Waals surface area contributed by atoms with Crippen LogP contribution < -0.4 is 10.0 Å². The number of hydrogen-bond donors (Lipinski definition) is 2. The van der Waals surface area contributed by atoms with E-state index in [1.54, 1.807) is 24.3 Å². The molecular weight excluding hydrogens is 384 g/mol. The Bertz CT molecular complexity index is 887. The van der Waals surface area contributed by atoms with E-state index in [4.69, 9.17) is 0 Å². The van der Waals surface area contributed by atoms with Crippen LogP contribution in [0, 0.1) is 6.92 Å². The molecule has 0 radical (unpaired) electrons. The van der Waals surface area contributed by atoms with Crippen LogP contribution in [0.5, 0.6) is 0 Å². The highest BCUT2D eigenvalue weighted by atomic mass is 32.2. The van der Waals surface area contributed by atoms with E-state index in [2.05, 4.69) is 10.0 Å². The van der Waals surface area contributed by atoms with E-state index >= 15 is 0 Å². The van der Waals surface area contributed by atoms with Gasteiger partial charge in [-0.2, -0.15) is 0 Å². The number of aryl methyl sites for hydroxylation is 1. The second kappa shape index (κ2) is 10.0. The fourth-order valence-electron chi connectivity index (χ4n) is 3.78. The molecule has 1 aliphatic carbocycles. The zero-order chi connectivity index (χ0) is 20.7. The van der Waals surface area contributed by atoms with E-state index < -0.39 is 16.1 Å². The van der Waals surface area contributed by atoms with Crippen molar-refractivity contribution < 1.29 is 13.2 Å². The lowest BCUT2D eigenvalue weighted by Crippen LogP contribution is -2.38. The number of sulfonamides is 1. The third kappa shape index (κ3) is 6.41. The van der Waals surface area contributed by atoms with Crippen LogP contribution in [0.4, 0.5) is 0 Å². The molecule has 0 saturated heterocycles. The lowest BCUT2D eigenvalue weighted by molar-refractivity contribution is -0.122. The monoisotopic (exact) mass is 414 g/mol. The van der Waals surface area contributed by atoms with Gasteiger partial charge in [-0.05, 0) is 37.5 Å². The first-order chi connectivity index (χ1) is 13.9. The molecule has 6 heteroatoms. The van der Waals surface area contributed by atoms with Gasteiger partial charge < -0.3 is 5.32 Å². The van der Waals surface area contributed by atoms with Crippen LogP contribution in [0.15, 0.2) is 59.5 Å². The summed E-state index contributed by atoms with van der Waals surface area (Å²) in [6.45, 7) is 1.91. The number of nitrogens with one attached hydrogen (secondary N) is 2. The first-order valence-corrected chi connectivity index (χ1v) is 11.9. The molecule has 0 aromatic heterocycles. The molecule has 1 atom stereocenters. The summed E-state index contributed by atoms with van der Waals surface area (Å²) in [7, 11) is -3.74. The van der Waals surface area contributed by atoms with Crippen molar-refractivity contribution in [1.29, 1.82) is 0 Å². The molecule has 2 aromatic rings. The number of benzene rings is 2. The first kappa shape index (κ1) is 21.5. The minimum Gasteiger partial charge on any atom is -0.353 e. The number of carbonyl (C=O) groups excluding carboxylic acids is 1. The summed E-state index contributed by atoms with van der Waals surface area (Å²) in [6, 6.07) is 15.6. The minimum atomic E-state index is -3.74. The molecule has 0 bridgehead atoms. The number of carbonyl (C=O) groups is 1. The zero-order valence-electron chi connectivity index (χ0n) is 16.9. The highest BCUT2D eigenvalue weighted by Gasteiger charge is 2.25. The van der Waals surface area contributed by atoms with Crippen LogP contribution in [-0.4, -0.2) is 20.4 Å². The quantitative estimate of drug-likeness (QED) is 0.665. The minimum absolute atomic E-state index is 0.0750. The van der Waals surface area contributed by atoms with E-state index in [0.29, 0.717) is 0 Å². The third-order valence-electron chi connectivity index (χ3n) is 5.44. The maximum atomic E-state index is 12.9. The van der Waals surface area contributed by atoms with Crippen molar-refractivity contribution in [3.8, 4) is 0 Å². The first-order valence-electron chi connectivity index (χ1n) is 10.4. The van der Waals surface area contributed by atoms with E-state index in [1.807, 2.05) is 37.3 Å². The maximum absolute atomic E-state index is 12.9. The number of amides is 1. The Morgan fingerprint density at radius 1 is 0.966 bits per heavy atom. The molecule has 0 heterocycles. The largest absolute Gasteiger partial charge is 0.353 e. The smallest absolute Gasteiger partial charge is 0.241 e. The van der Waals surface area contributed by atoms with Crippen LogP contribution in [0.1, 0.15) is 62.1 Å². The van der Waals surface area contributed by atoms with Crippen LogP contribution >= 0.6 is 0 Å². The Balaban J connectivity index is 1.74. The molecule has 1 amide bonds. The Labute approximate surface area is 174 Å². The molecule has 0 unspecified atom stereocenters. The molecule has 29 heavy (non-hydrogen) atoms. The molecule has 1 saturated carbocycles. The predicted molar refractivity (Wildman–Crippen MR) is 115 cm³/mol. The van der Waals surface area contributed by atoms with Gasteiger partial charge in [0.05, 0.1) is 10.9 Å². The topological polar surface area (TPSA) is 75.3 Å². The van der Waals surface area contributed by atoms with Crippen LogP contribution in [-0.2, 0) is 14.8 Å². The van der Waals surface area contributed by atoms with Gasteiger partial charge in [0.25, 0.3) is 0 Å². The summed E-state index contributed by atoms with van der Waals surface area (Å²) in [6.07, 6.45) is 6.77. The van der Waals surface area contributed by atoms with Crippen LogP contribution in [0.3, 0.4) is 0 Å². The van der Waals surface area contributed by atoms with Gasteiger partial charge >= 0.3 is 0 Å². The Morgan fingerprint density at radius 2 is 1.59 bits per heavy atom. The molecule has 1 fully saturated rings. The maximum Gasteiger partial charge on any atom is 0.241 e.